The van der Waals surface area contributed by atoms with E-state index in [2.05, 4.69) is 6.92 Å². The van der Waals surface area contributed by atoms with E-state index in [1.807, 2.05) is 0 Å². The molecule has 0 fully saturated rings. The number of unbranched alkanes of at least 4 members (excludes halogenated alkanes) is 1. The van der Waals surface area contributed by atoms with Gasteiger partial charge in [-0.3, -0.25) is 4.79 Å². The van der Waals surface area contributed by atoms with Crippen LogP contribution in [0.5, 0.6) is 0 Å². The zero-order valence-electron chi connectivity index (χ0n) is 8.38. The van der Waals surface area contributed by atoms with E-state index in [1.165, 1.54) is 0 Å². The Labute approximate surface area is 84.4 Å². The molecule has 0 aromatic rings. The summed E-state index contributed by atoms with van der Waals surface area (Å²) in [5.41, 5.74) is 0. The summed E-state index contributed by atoms with van der Waals surface area (Å²) >= 11 is 5.50. The van der Waals surface area contributed by atoms with Gasteiger partial charge in [-0.15, -0.1) is 11.6 Å². The molecule has 0 N–H and O–H groups in total. The molecule has 4 heteroatoms. The summed E-state index contributed by atoms with van der Waals surface area (Å²) in [6.45, 7) is 5.94. The molecule has 0 aromatic heterocycles. The van der Waals surface area contributed by atoms with Gasteiger partial charge in [-0.2, -0.15) is 0 Å². The van der Waals surface area contributed by atoms with Gasteiger partial charge in [0.2, 0.25) is 0 Å². The number of alkyl halides is 1. The molecule has 0 spiro atoms. The predicted molar refractivity (Wildman–Crippen MR) is 51.7 cm³/mol. The Morgan fingerprint density at radius 2 is 2.08 bits per heavy atom. The summed E-state index contributed by atoms with van der Waals surface area (Å²) in [5, 5.41) is -0.614. The number of carbonyl (C=O) groups is 1. The number of esters is 1. The quantitative estimate of drug-likeness (QED) is 0.291. The lowest BCUT2D eigenvalue weighted by molar-refractivity contribution is -0.174. The maximum atomic E-state index is 11.0. The number of ether oxygens (including phenoxy) is 2. The fourth-order valence-electron chi connectivity index (χ4n) is 0.685. The van der Waals surface area contributed by atoms with Crippen LogP contribution < -0.4 is 0 Å². The van der Waals surface area contributed by atoms with Crippen LogP contribution in [0.2, 0.25) is 0 Å². The van der Waals surface area contributed by atoms with Crippen LogP contribution in [0.25, 0.3) is 0 Å². The second-order valence-electron chi connectivity index (χ2n) is 2.84. The van der Waals surface area contributed by atoms with Crippen molar-refractivity contribution in [2.24, 2.45) is 0 Å². The Morgan fingerprint density at radius 1 is 1.46 bits per heavy atom. The maximum absolute atomic E-state index is 11.0. The molecule has 0 heterocycles. The highest BCUT2D eigenvalue weighted by molar-refractivity contribution is 6.29. The number of carbonyl (C=O) groups excluding carboxylic acids is 1. The second kappa shape index (κ2) is 7.15. The Morgan fingerprint density at radius 3 is 2.54 bits per heavy atom. The lowest BCUT2D eigenvalue weighted by atomic mass is 10.4. The van der Waals surface area contributed by atoms with Crippen molar-refractivity contribution in [3.63, 3.8) is 0 Å². The zero-order chi connectivity index (χ0) is 10.3. The summed E-state index contributed by atoms with van der Waals surface area (Å²) in [6.07, 6.45) is 1.53. The van der Waals surface area contributed by atoms with E-state index in [0.29, 0.717) is 6.61 Å². The first kappa shape index (κ1) is 12.7. The predicted octanol–water partition coefficient (Wildman–Crippen LogP) is 2.32. The third kappa shape index (κ3) is 6.84. The Hall–Kier alpha value is -0.280. The molecule has 13 heavy (non-hydrogen) atoms. The van der Waals surface area contributed by atoms with Crippen LogP contribution in [0.4, 0.5) is 0 Å². The Balaban J connectivity index is 3.50. The highest BCUT2D eigenvalue weighted by atomic mass is 35.5. The van der Waals surface area contributed by atoms with Crippen molar-refractivity contribution in [3.05, 3.63) is 0 Å². The molecule has 0 bridgehead atoms. The summed E-state index contributed by atoms with van der Waals surface area (Å²) in [7, 11) is 0. The van der Waals surface area contributed by atoms with Gasteiger partial charge in [0.15, 0.2) is 6.29 Å². The van der Waals surface area contributed by atoms with E-state index < -0.39 is 17.6 Å². The molecule has 0 aliphatic heterocycles. The zero-order valence-corrected chi connectivity index (χ0v) is 9.13. The SMILES string of the molecule is CCCCOC(C)OC(=O)C(C)Cl. The van der Waals surface area contributed by atoms with Crippen LogP contribution in [0, 0.1) is 0 Å². The summed E-state index contributed by atoms with van der Waals surface area (Å²) in [5.74, 6) is -0.439. The van der Waals surface area contributed by atoms with Gasteiger partial charge in [0.25, 0.3) is 0 Å². The monoisotopic (exact) mass is 208 g/mol. The van der Waals surface area contributed by atoms with Crippen molar-refractivity contribution in [1.82, 2.24) is 0 Å². The first-order valence-electron chi connectivity index (χ1n) is 4.54. The van der Waals surface area contributed by atoms with Gasteiger partial charge < -0.3 is 9.47 Å². The molecule has 0 aliphatic carbocycles. The van der Waals surface area contributed by atoms with Crippen LogP contribution in [0.3, 0.4) is 0 Å². The minimum atomic E-state index is -0.614. The molecule has 78 valence electrons. The molecule has 0 saturated carbocycles. The van der Waals surface area contributed by atoms with Crippen molar-refractivity contribution in [2.45, 2.75) is 45.3 Å². The molecule has 2 atom stereocenters. The van der Waals surface area contributed by atoms with Crippen LogP contribution in [-0.4, -0.2) is 24.2 Å². The Kier molecular flexibility index (Phi) is 7.00. The first-order chi connectivity index (χ1) is 6.07. The van der Waals surface area contributed by atoms with Crippen LogP contribution in [-0.2, 0) is 14.3 Å². The molecule has 3 nitrogen and oxygen atoms in total. The van der Waals surface area contributed by atoms with Crippen LogP contribution in [0.15, 0.2) is 0 Å². The summed E-state index contributed by atoms with van der Waals surface area (Å²) < 4.78 is 10.1. The van der Waals surface area contributed by atoms with Gasteiger partial charge in [-0.1, -0.05) is 13.3 Å². The average Bonchev–Trinajstić information content (AvgIpc) is 2.04. The van der Waals surface area contributed by atoms with E-state index in [1.54, 1.807) is 13.8 Å². The lowest BCUT2D eigenvalue weighted by Crippen LogP contribution is -2.23. The van der Waals surface area contributed by atoms with E-state index in [4.69, 9.17) is 21.1 Å². The summed E-state index contributed by atoms with van der Waals surface area (Å²) in [6, 6.07) is 0. The standard InChI is InChI=1S/C9H17ClO3/c1-4-5-6-12-8(3)13-9(11)7(2)10/h7-8H,4-6H2,1-3H3. The lowest BCUT2D eigenvalue weighted by Gasteiger charge is -2.14. The molecular formula is C9H17ClO3. The smallest absolute Gasteiger partial charge is 0.326 e. The van der Waals surface area contributed by atoms with Gasteiger partial charge in [-0.25, -0.2) is 0 Å². The topological polar surface area (TPSA) is 35.5 Å². The molecule has 0 rings (SSSR count). The molecular weight excluding hydrogens is 192 g/mol. The van der Waals surface area contributed by atoms with E-state index in [0.717, 1.165) is 12.8 Å². The van der Waals surface area contributed by atoms with Crippen molar-refractivity contribution in [2.75, 3.05) is 6.61 Å². The fourth-order valence-corrected chi connectivity index (χ4v) is 0.736. The van der Waals surface area contributed by atoms with Crippen molar-refractivity contribution >= 4 is 17.6 Å². The van der Waals surface area contributed by atoms with E-state index in [9.17, 15) is 4.79 Å². The molecule has 0 radical (unpaired) electrons. The molecule has 0 aromatic carbocycles. The van der Waals surface area contributed by atoms with Gasteiger partial charge in [0.05, 0.1) is 6.61 Å². The third-order valence-corrected chi connectivity index (χ3v) is 1.64. The number of hydrogen-bond acceptors (Lipinski definition) is 3. The number of hydrogen-bond donors (Lipinski definition) is 0. The first-order valence-corrected chi connectivity index (χ1v) is 4.97. The van der Waals surface area contributed by atoms with Gasteiger partial charge in [-0.05, 0) is 20.3 Å². The molecule has 2 unspecified atom stereocenters. The van der Waals surface area contributed by atoms with Gasteiger partial charge in [0.1, 0.15) is 5.38 Å². The molecule has 0 aliphatic rings. The number of rotatable bonds is 6. The normalized spacial score (nSPS) is 15.1. The fraction of sp³-hybridized carbons (Fsp3) is 0.889. The van der Waals surface area contributed by atoms with Crippen molar-refractivity contribution in [3.8, 4) is 0 Å². The maximum Gasteiger partial charge on any atom is 0.326 e. The number of halogens is 1. The van der Waals surface area contributed by atoms with Gasteiger partial charge >= 0.3 is 5.97 Å². The molecule has 0 amide bonds. The Bertz CT molecular complexity index is 148. The van der Waals surface area contributed by atoms with Crippen LogP contribution >= 0.6 is 11.6 Å². The second-order valence-corrected chi connectivity index (χ2v) is 3.50. The van der Waals surface area contributed by atoms with Crippen molar-refractivity contribution < 1.29 is 14.3 Å². The van der Waals surface area contributed by atoms with Crippen molar-refractivity contribution in [1.29, 1.82) is 0 Å². The third-order valence-electron chi connectivity index (χ3n) is 1.46. The largest absolute Gasteiger partial charge is 0.435 e. The highest BCUT2D eigenvalue weighted by Gasteiger charge is 2.14. The molecule has 0 saturated heterocycles. The minimum absolute atomic E-state index is 0.439. The highest BCUT2D eigenvalue weighted by Crippen LogP contribution is 2.02. The average molecular weight is 209 g/mol. The van der Waals surface area contributed by atoms with Crippen LogP contribution in [0.1, 0.15) is 33.6 Å². The minimum Gasteiger partial charge on any atom is -0.435 e. The van der Waals surface area contributed by atoms with Gasteiger partial charge in [0, 0.05) is 0 Å². The van der Waals surface area contributed by atoms with E-state index >= 15 is 0 Å². The summed E-state index contributed by atoms with van der Waals surface area (Å²) in [4.78, 5) is 11.0. The van der Waals surface area contributed by atoms with E-state index in [-0.39, 0.29) is 0 Å².